The van der Waals surface area contributed by atoms with Gasteiger partial charge in [-0.25, -0.2) is 9.97 Å². The smallest absolute Gasteiger partial charge is 0.258 e. The highest BCUT2D eigenvalue weighted by Gasteiger charge is 2.11. The minimum atomic E-state index is -0.290. The number of nitrogens with one attached hydrogen (secondary N) is 2. The Morgan fingerprint density at radius 2 is 1.76 bits per heavy atom. The molecule has 3 rings (SSSR count). The summed E-state index contributed by atoms with van der Waals surface area (Å²) in [5.41, 5.74) is 2.17. The first-order valence-corrected chi connectivity index (χ1v) is 9.41. The molecule has 0 fully saturated rings. The summed E-state index contributed by atoms with van der Waals surface area (Å²) in [5.74, 6) is 1.65. The molecule has 0 bridgehead atoms. The molecule has 0 spiro atoms. The van der Waals surface area contributed by atoms with Crippen LogP contribution in [-0.4, -0.2) is 36.1 Å². The minimum Gasteiger partial charge on any atom is -0.497 e. The minimum absolute atomic E-state index is 0.290. The van der Waals surface area contributed by atoms with E-state index in [1.54, 1.807) is 13.2 Å². The highest BCUT2D eigenvalue weighted by Crippen LogP contribution is 2.24. The van der Waals surface area contributed by atoms with Crippen LogP contribution in [0.4, 0.5) is 11.6 Å². The van der Waals surface area contributed by atoms with Crippen LogP contribution in [0.5, 0.6) is 11.5 Å². The number of ether oxygens (including phenoxy) is 2. The molecule has 0 saturated carbocycles. The monoisotopic (exact) mass is 392 g/mol. The van der Waals surface area contributed by atoms with Crippen molar-refractivity contribution in [1.29, 1.82) is 0 Å². The summed E-state index contributed by atoms with van der Waals surface area (Å²) in [6.45, 7) is 3.10. The van der Waals surface area contributed by atoms with Crippen LogP contribution in [0.15, 0.2) is 60.9 Å². The van der Waals surface area contributed by atoms with Crippen LogP contribution in [0.1, 0.15) is 22.8 Å². The number of carbonyl (C=O) groups excluding carboxylic acids is 1. The molecular weight excluding hydrogens is 368 g/mol. The lowest BCUT2D eigenvalue weighted by Crippen LogP contribution is -2.14. The molecule has 7 heteroatoms. The van der Waals surface area contributed by atoms with Gasteiger partial charge in [0, 0.05) is 18.9 Å². The predicted octanol–water partition coefficient (Wildman–Crippen LogP) is 3.79. The van der Waals surface area contributed by atoms with Gasteiger partial charge in [-0.15, -0.1) is 0 Å². The van der Waals surface area contributed by atoms with Gasteiger partial charge in [-0.3, -0.25) is 4.79 Å². The van der Waals surface area contributed by atoms with Gasteiger partial charge in [0.05, 0.1) is 25.0 Å². The third kappa shape index (κ3) is 5.68. The van der Waals surface area contributed by atoms with Gasteiger partial charge in [-0.2, -0.15) is 0 Å². The molecule has 2 aromatic carbocycles. The molecule has 1 heterocycles. The second-order valence-electron chi connectivity index (χ2n) is 6.20. The molecule has 0 aliphatic carbocycles. The van der Waals surface area contributed by atoms with E-state index < -0.39 is 0 Å². The van der Waals surface area contributed by atoms with Crippen molar-refractivity contribution in [3.8, 4) is 11.5 Å². The van der Waals surface area contributed by atoms with Crippen LogP contribution in [0.3, 0.4) is 0 Å². The number of hydrogen-bond donors (Lipinski definition) is 2. The molecule has 3 aromatic rings. The van der Waals surface area contributed by atoms with Gasteiger partial charge in [0.25, 0.3) is 5.91 Å². The molecule has 29 heavy (non-hydrogen) atoms. The van der Waals surface area contributed by atoms with Crippen molar-refractivity contribution in [2.45, 2.75) is 13.3 Å². The fourth-order valence-electron chi connectivity index (χ4n) is 2.69. The Kier molecular flexibility index (Phi) is 7.00. The van der Waals surface area contributed by atoms with Crippen LogP contribution in [0, 0.1) is 0 Å². The summed E-state index contributed by atoms with van der Waals surface area (Å²) in [7, 11) is 1.65. The largest absolute Gasteiger partial charge is 0.497 e. The SMILES string of the molecule is CCOc1ccccc1NC(=O)c1cnc(NCCc2ccc(OC)cc2)nc1. The Labute approximate surface area is 170 Å². The van der Waals surface area contributed by atoms with Gasteiger partial charge in [-0.1, -0.05) is 24.3 Å². The molecular formula is C22H24N4O3. The number of rotatable bonds is 9. The zero-order valence-electron chi connectivity index (χ0n) is 16.5. The molecule has 0 radical (unpaired) electrons. The first-order chi connectivity index (χ1) is 14.2. The zero-order valence-corrected chi connectivity index (χ0v) is 16.5. The Morgan fingerprint density at radius 1 is 1.03 bits per heavy atom. The molecule has 0 saturated heterocycles. The van der Waals surface area contributed by atoms with Crippen molar-refractivity contribution in [1.82, 2.24) is 9.97 Å². The second kappa shape index (κ2) is 10.1. The Morgan fingerprint density at radius 3 is 2.45 bits per heavy atom. The highest BCUT2D eigenvalue weighted by molar-refractivity contribution is 6.04. The van der Waals surface area contributed by atoms with Gasteiger partial charge < -0.3 is 20.1 Å². The maximum Gasteiger partial charge on any atom is 0.258 e. The standard InChI is InChI=1S/C22H24N4O3/c1-3-29-20-7-5-4-6-19(20)26-21(27)17-14-24-22(25-15-17)23-13-12-16-8-10-18(28-2)11-9-16/h4-11,14-15H,3,12-13H2,1-2H3,(H,26,27)(H,23,24,25). The number of carbonyl (C=O) groups is 1. The van der Waals surface area contributed by atoms with Crippen molar-refractivity contribution in [3.05, 3.63) is 72.1 Å². The number of methoxy groups -OCH3 is 1. The van der Waals surface area contributed by atoms with E-state index in [0.29, 0.717) is 36.1 Å². The molecule has 150 valence electrons. The molecule has 0 atom stereocenters. The van der Waals surface area contributed by atoms with E-state index in [2.05, 4.69) is 20.6 Å². The Hall–Kier alpha value is -3.61. The lowest BCUT2D eigenvalue weighted by molar-refractivity contribution is 0.102. The molecule has 0 aliphatic rings. The molecule has 1 aromatic heterocycles. The first-order valence-electron chi connectivity index (χ1n) is 9.41. The van der Waals surface area contributed by atoms with Gasteiger partial charge in [0.2, 0.25) is 5.95 Å². The summed E-state index contributed by atoms with van der Waals surface area (Å²) in [5, 5.41) is 5.99. The topological polar surface area (TPSA) is 85.4 Å². The van der Waals surface area contributed by atoms with E-state index >= 15 is 0 Å². The van der Waals surface area contributed by atoms with Crippen molar-refractivity contribution >= 4 is 17.5 Å². The highest BCUT2D eigenvalue weighted by atomic mass is 16.5. The quantitative estimate of drug-likeness (QED) is 0.576. The van der Waals surface area contributed by atoms with Gasteiger partial charge in [-0.05, 0) is 43.2 Å². The maximum atomic E-state index is 12.5. The average molecular weight is 392 g/mol. The van der Waals surface area contributed by atoms with E-state index in [9.17, 15) is 4.79 Å². The van der Waals surface area contributed by atoms with E-state index in [-0.39, 0.29) is 5.91 Å². The molecule has 0 unspecified atom stereocenters. The summed E-state index contributed by atoms with van der Waals surface area (Å²) in [6.07, 6.45) is 3.83. The fourth-order valence-corrected chi connectivity index (χ4v) is 2.69. The van der Waals surface area contributed by atoms with Gasteiger partial charge in [0.15, 0.2) is 0 Å². The van der Waals surface area contributed by atoms with Crippen molar-refractivity contribution < 1.29 is 14.3 Å². The van der Waals surface area contributed by atoms with Gasteiger partial charge >= 0.3 is 0 Å². The molecule has 1 amide bonds. The average Bonchev–Trinajstić information content (AvgIpc) is 2.76. The van der Waals surface area contributed by atoms with E-state index in [1.807, 2.05) is 49.4 Å². The van der Waals surface area contributed by atoms with Crippen LogP contribution in [-0.2, 0) is 6.42 Å². The molecule has 2 N–H and O–H groups in total. The number of amides is 1. The fraction of sp³-hybridized carbons (Fsp3) is 0.227. The van der Waals surface area contributed by atoms with Crippen molar-refractivity contribution in [3.63, 3.8) is 0 Å². The maximum absolute atomic E-state index is 12.5. The summed E-state index contributed by atoms with van der Waals surface area (Å²) in [4.78, 5) is 20.9. The normalized spacial score (nSPS) is 10.3. The van der Waals surface area contributed by atoms with Crippen molar-refractivity contribution in [2.75, 3.05) is 30.9 Å². The summed E-state index contributed by atoms with van der Waals surface area (Å²) < 4.78 is 10.7. The lowest BCUT2D eigenvalue weighted by Gasteiger charge is -2.11. The number of aromatic nitrogens is 2. The number of hydrogen-bond acceptors (Lipinski definition) is 6. The number of benzene rings is 2. The van der Waals surface area contributed by atoms with Crippen LogP contribution in [0.2, 0.25) is 0 Å². The van der Waals surface area contributed by atoms with Crippen LogP contribution < -0.4 is 20.1 Å². The third-order valence-electron chi connectivity index (χ3n) is 4.20. The summed E-state index contributed by atoms with van der Waals surface area (Å²) in [6, 6.07) is 15.2. The summed E-state index contributed by atoms with van der Waals surface area (Å²) >= 11 is 0. The zero-order chi connectivity index (χ0) is 20.5. The van der Waals surface area contributed by atoms with E-state index in [1.165, 1.54) is 18.0 Å². The van der Waals surface area contributed by atoms with E-state index in [0.717, 1.165) is 12.2 Å². The third-order valence-corrected chi connectivity index (χ3v) is 4.20. The lowest BCUT2D eigenvalue weighted by atomic mass is 10.1. The predicted molar refractivity (Wildman–Crippen MR) is 113 cm³/mol. The van der Waals surface area contributed by atoms with Crippen molar-refractivity contribution in [2.24, 2.45) is 0 Å². The molecule has 7 nitrogen and oxygen atoms in total. The van der Waals surface area contributed by atoms with Crippen LogP contribution in [0.25, 0.3) is 0 Å². The Bertz CT molecular complexity index is 928. The van der Waals surface area contributed by atoms with Gasteiger partial charge in [0.1, 0.15) is 11.5 Å². The van der Waals surface area contributed by atoms with E-state index in [4.69, 9.17) is 9.47 Å². The van der Waals surface area contributed by atoms with Crippen LogP contribution >= 0.6 is 0 Å². The molecule has 0 aliphatic heterocycles. The number of para-hydroxylation sites is 2. The second-order valence-corrected chi connectivity index (χ2v) is 6.20. The number of nitrogens with zero attached hydrogens (tertiary/aromatic N) is 2. The first kappa shape index (κ1) is 20.1. The Balaban J connectivity index is 1.53. The number of anilines is 2.